The minimum absolute atomic E-state index is 0.0131. The van der Waals surface area contributed by atoms with Crippen LogP contribution in [-0.4, -0.2) is 30.6 Å². The molecule has 0 bridgehead atoms. The molecule has 4 nitrogen and oxygen atoms in total. The van der Waals surface area contributed by atoms with Crippen molar-refractivity contribution in [2.24, 2.45) is 5.16 Å². The van der Waals surface area contributed by atoms with E-state index in [1.54, 1.807) is 19.0 Å². The number of hydrogen-bond donors (Lipinski definition) is 0. The van der Waals surface area contributed by atoms with Crippen molar-refractivity contribution in [1.82, 2.24) is 4.90 Å². The molecule has 1 aliphatic rings. The lowest BCUT2D eigenvalue weighted by Crippen LogP contribution is -2.23. The van der Waals surface area contributed by atoms with Crippen molar-refractivity contribution in [3.63, 3.8) is 0 Å². The molecule has 0 N–H and O–H groups in total. The third kappa shape index (κ3) is 3.48. The molecule has 0 unspecified atom stereocenters. The number of benzene rings is 2. The topological polar surface area (TPSA) is 41.9 Å². The number of aryl methyl sites for hydroxylation is 3. The van der Waals surface area contributed by atoms with Crippen molar-refractivity contribution in [2.75, 3.05) is 14.1 Å². The van der Waals surface area contributed by atoms with Gasteiger partial charge in [0.2, 0.25) is 0 Å². The molecule has 3 rings (SSSR count). The van der Waals surface area contributed by atoms with Gasteiger partial charge in [0.1, 0.15) is 0 Å². The van der Waals surface area contributed by atoms with E-state index in [0.717, 1.165) is 28.0 Å². The maximum absolute atomic E-state index is 12.2. The molecule has 27 heavy (non-hydrogen) atoms. The number of hydrogen-bond acceptors (Lipinski definition) is 3. The average Bonchev–Trinajstić information content (AvgIpc) is 3.02. The molecule has 0 aliphatic carbocycles. The van der Waals surface area contributed by atoms with Gasteiger partial charge in [0.25, 0.3) is 5.91 Å². The molecule has 2 aromatic rings. The third-order valence-corrected chi connectivity index (χ3v) is 5.60. The largest absolute Gasteiger partial charge is 0.384 e. The Bertz CT molecular complexity index is 920. The maximum atomic E-state index is 12.2. The van der Waals surface area contributed by atoms with Crippen LogP contribution in [0.4, 0.5) is 0 Å². The summed E-state index contributed by atoms with van der Waals surface area (Å²) in [5.74, 6) is 0.0131. The van der Waals surface area contributed by atoms with Gasteiger partial charge in [-0.25, -0.2) is 0 Å². The summed E-state index contributed by atoms with van der Waals surface area (Å²) in [7, 11) is 3.53. The highest BCUT2D eigenvalue weighted by Crippen LogP contribution is 2.37. The van der Waals surface area contributed by atoms with Crippen LogP contribution in [0.15, 0.2) is 35.5 Å². The number of carbonyl (C=O) groups is 1. The first-order valence-electron chi connectivity index (χ1n) is 9.28. The molecule has 0 saturated carbocycles. The van der Waals surface area contributed by atoms with Crippen molar-refractivity contribution >= 4 is 11.6 Å². The Balaban J connectivity index is 1.87. The monoisotopic (exact) mass is 364 g/mol. The fourth-order valence-corrected chi connectivity index (χ4v) is 3.51. The number of nitrogens with zero attached hydrogens (tertiary/aromatic N) is 2. The van der Waals surface area contributed by atoms with Gasteiger partial charge in [-0.1, -0.05) is 23.4 Å². The van der Waals surface area contributed by atoms with Crippen molar-refractivity contribution in [1.29, 1.82) is 0 Å². The Morgan fingerprint density at radius 2 is 1.67 bits per heavy atom. The van der Waals surface area contributed by atoms with Crippen LogP contribution < -0.4 is 0 Å². The summed E-state index contributed by atoms with van der Waals surface area (Å²) in [6.45, 7) is 10.5. The molecule has 1 atom stereocenters. The first-order chi connectivity index (χ1) is 12.6. The summed E-state index contributed by atoms with van der Waals surface area (Å²) in [4.78, 5) is 19.8. The van der Waals surface area contributed by atoms with E-state index in [0.29, 0.717) is 6.42 Å². The molecular weight excluding hydrogens is 336 g/mol. The Kier molecular flexibility index (Phi) is 4.85. The van der Waals surface area contributed by atoms with E-state index in [1.165, 1.54) is 16.7 Å². The molecule has 2 aromatic carbocycles. The predicted octanol–water partition coefficient (Wildman–Crippen LogP) is 4.66. The second kappa shape index (κ2) is 6.84. The van der Waals surface area contributed by atoms with Gasteiger partial charge in [0.15, 0.2) is 5.60 Å². The third-order valence-electron chi connectivity index (χ3n) is 5.60. The van der Waals surface area contributed by atoms with Gasteiger partial charge in [-0.05, 0) is 80.1 Å². The normalized spacial score (nSPS) is 18.9. The zero-order chi connectivity index (χ0) is 19.9. The minimum Gasteiger partial charge on any atom is -0.384 e. The molecule has 1 heterocycles. The van der Waals surface area contributed by atoms with E-state index in [2.05, 4.69) is 45.0 Å². The second-order valence-corrected chi connectivity index (χ2v) is 8.00. The fourth-order valence-electron chi connectivity index (χ4n) is 3.51. The summed E-state index contributed by atoms with van der Waals surface area (Å²) in [5.41, 5.74) is 8.13. The van der Waals surface area contributed by atoms with Crippen LogP contribution in [0.5, 0.6) is 0 Å². The molecule has 0 radical (unpaired) electrons. The summed E-state index contributed by atoms with van der Waals surface area (Å²) >= 11 is 0. The molecule has 1 amide bonds. The van der Waals surface area contributed by atoms with E-state index in [-0.39, 0.29) is 5.91 Å². The second-order valence-electron chi connectivity index (χ2n) is 8.00. The van der Waals surface area contributed by atoms with Crippen LogP contribution in [0.25, 0.3) is 0 Å². The van der Waals surface area contributed by atoms with Gasteiger partial charge in [0.05, 0.1) is 5.71 Å². The van der Waals surface area contributed by atoms with Crippen molar-refractivity contribution < 1.29 is 9.63 Å². The van der Waals surface area contributed by atoms with Crippen LogP contribution >= 0.6 is 0 Å². The molecule has 0 fully saturated rings. The van der Waals surface area contributed by atoms with Crippen molar-refractivity contribution in [3.8, 4) is 0 Å². The Morgan fingerprint density at radius 3 is 2.22 bits per heavy atom. The lowest BCUT2D eigenvalue weighted by atomic mass is 9.86. The smallest absolute Gasteiger partial charge is 0.253 e. The van der Waals surface area contributed by atoms with E-state index < -0.39 is 5.60 Å². The molecule has 0 saturated heterocycles. The van der Waals surface area contributed by atoms with Crippen LogP contribution in [0, 0.1) is 27.7 Å². The van der Waals surface area contributed by atoms with Crippen LogP contribution in [0.1, 0.15) is 57.1 Å². The summed E-state index contributed by atoms with van der Waals surface area (Å²) in [6.07, 6.45) is 0.704. The average molecular weight is 364 g/mol. The SMILES string of the molecule is Cc1cc(C2=NO[C@](C)(c3cc(C)c(C)c(C)c3)C2)ccc1C(=O)N(C)C. The first-order valence-corrected chi connectivity index (χ1v) is 9.28. The van der Waals surface area contributed by atoms with Crippen LogP contribution in [0.3, 0.4) is 0 Å². The lowest BCUT2D eigenvalue weighted by molar-refractivity contribution is -0.00747. The van der Waals surface area contributed by atoms with Gasteiger partial charge in [-0.3, -0.25) is 4.79 Å². The van der Waals surface area contributed by atoms with Gasteiger partial charge in [-0.15, -0.1) is 0 Å². The van der Waals surface area contributed by atoms with E-state index in [1.807, 2.05) is 25.1 Å². The standard InChI is InChI=1S/C23H28N2O2/c1-14-11-19(12-15(2)17(14)4)23(5)13-21(24-27-23)18-8-9-20(16(3)10-18)22(26)25(6)7/h8-12H,13H2,1-7H3/t23-/m0/s1. The Hall–Kier alpha value is -2.62. The highest BCUT2D eigenvalue weighted by molar-refractivity contribution is 6.03. The van der Waals surface area contributed by atoms with E-state index in [4.69, 9.17) is 4.84 Å². The van der Waals surface area contributed by atoms with Crippen LogP contribution in [-0.2, 0) is 10.4 Å². The molecule has 0 aromatic heterocycles. The zero-order valence-corrected chi connectivity index (χ0v) is 17.3. The summed E-state index contributed by atoms with van der Waals surface area (Å²) < 4.78 is 0. The van der Waals surface area contributed by atoms with Crippen molar-refractivity contribution in [2.45, 2.75) is 46.6 Å². The van der Waals surface area contributed by atoms with Crippen molar-refractivity contribution in [3.05, 3.63) is 69.3 Å². The van der Waals surface area contributed by atoms with E-state index in [9.17, 15) is 4.79 Å². The van der Waals surface area contributed by atoms with Crippen LogP contribution in [0.2, 0.25) is 0 Å². The number of carbonyl (C=O) groups excluding carboxylic acids is 1. The molecule has 4 heteroatoms. The summed E-state index contributed by atoms with van der Waals surface area (Å²) in [6, 6.07) is 10.3. The van der Waals surface area contributed by atoms with Gasteiger partial charge in [0, 0.05) is 26.1 Å². The Labute approximate surface area is 161 Å². The predicted molar refractivity (Wildman–Crippen MR) is 109 cm³/mol. The van der Waals surface area contributed by atoms with Gasteiger partial charge < -0.3 is 9.74 Å². The molecule has 142 valence electrons. The minimum atomic E-state index is -0.468. The Morgan fingerprint density at radius 1 is 1.04 bits per heavy atom. The number of oxime groups is 1. The van der Waals surface area contributed by atoms with Gasteiger partial charge in [-0.2, -0.15) is 0 Å². The maximum Gasteiger partial charge on any atom is 0.253 e. The summed E-state index contributed by atoms with van der Waals surface area (Å²) in [5, 5.41) is 4.39. The number of amides is 1. The molecule has 0 spiro atoms. The zero-order valence-electron chi connectivity index (χ0n) is 17.3. The number of rotatable bonds is 3. The van der Waals surface area contributed by atoms with Gasteiger partial charge >= 0.3 is 0 Å². The molecule has 1 aliphatic heterocycles. The lowest BCUT2D eigenvalue weighted by Gasteiger charge is -2.24. The van der Waals surface area contributed by atoms with E-state index >= 15 is 0 Å². The first kappa shape index (κ1) is 19.2. The quantitative estimate of drug-likeness (QED) is 0.795. The highest BCUT2D eigenvalue weighted by atomic mass is 16.7. The highest BCUT2D eigenvalue weighted by Gasteiger charge is 2.37. The fraction of sp³-hybridized carbons (Fsp3) is 0.391. The molecular formula is C23H28N2O2.